The molecule has 2 heteroatoms. The Morgan fingerprint density at radius 1 is 1.06 bits per heavy atom. The molecule has 2 nitrogen and oxygen atoms in total. The van der Waals surface area contributed by atoms with E-state index in [0.29, 0.717) is 11.8 Å². The monoisotopic (exact) mass is 229 g/mol. The predicted molar refractivity (Wildman–Crippen MR) is 70.5 cm³/mol. The minimum atomic E-state index is 0.533. The number of nitrogens with zero attached hydrogens (tertiary/aromatic N) is 1. The summed E-state index contributed by atoms with van der Waals surface area (Å²) in [4.78, 5) is 3.09. The van der Waals surface area contributed by atoms with Crippen molar-refractivity contribution in [2.24, 2.45) is 0 Å². The number of hydrogen-bond acceptors (Lipinski definition) is 0. The second-order valence-corrected chi connectivity index (χ2v) is 5.15. The molecule has 17 heavy (non-hydrogen) atoms. The van der Waals surface area contributed by atoms with Crippen LogP contribution in [0.15, 0.2) is 36.9 Å². The number of H-pyrrole nitrogens is 1. The minimum Gasteiger partial charge on any atom is -0.250 e. The van der Waals surface area contributed by atoms with Gasteiger partial charge in [0, 0.05) is 5.56 Å². The second kappa shape index (κ2) is 4.74. The van der Waals surface area contributed by atoms with E-state index in [1.54, 1.807) is 0 Å². The predicted octanol–water partition coefficient (Wildman–Crippen LogP) is 3.54. The maximum atomic E-state index is 3.09. The van der Waals surface area contributed by atoms with E-state index in [1.165, 1.54) is 16.8 Å². The first-order valence-corrected chi connectivity index (χ1v) is 6.28. The Morgan fingerprint density at radius 3 is 2.35 bits per heavy atom. The van der Waals surface area contributed by atoms with E-state index in [0.717, 1.165) is 0 Å². The number of imidazole rings is 1. The van der Waals surface area contributed by atoms with Gasteiger partial charge in [0.15, 0.2) is 0 Å². The van der Waals surface area contributed by atoms with Crippen LogP contribution in [0.25, 0.3) is 5.69 Å². The highest BCUT2D eigenvalue weighted by Gasteiger charge is 2.14. The maximum absolute atomic E-state index is 3.09. The fourth-order valence-electron chi connectivity index (χ4n) is 2.07. The zero-order valence-corrected chi connectivity index (χ0v) is 11.1. The summed E-state index contributed by atoms with van der Waals surface area (Å²) in [5.41, 5.74) is 4.08. The van der Waals surface area contributed by atoms with Crippen molar-refractivity contribution < 1.29 is 4.57 Å². The van der Waals surface area contributed by atoms with Crippen LogP contribution in [0.4, 0.5) is 0 Å². The van der Waals surface area contributed by atoms with Gasteiger partial charge in [-0.15, -0.1) is 0 Å². The standard InChI is InChI=1S/C15H20N2/c1-11(2)13-5-6-15(14(9-13)12(3)4)17-8-7-16-10-17/h5-12H,1-4H3/p+1. The smallest absolute Gasteiger partial charge is 0.246 e. The molecule has 1 aromatic carbocycles. The van der Waals surface area contributed by atoms with Crippen LogP contribution >= 0.6 is 0 Å². The highest BCUT2D eigenvalue weighted by Crippen LogP contribution is 2.24. The van der Waals surface area contributed by atoms with E-state index in [-0.39, 0.29) is 0 Å². The largest absolute Gasteiger partial charge is 0.250 e. The van der Waals surface area contributed by atoms with Crippen LogP contribution in [-0.2, 0) is 0 Å². The Bertz CT molecular complexity index is 482. The molecule has 0 unspecified atom stereocenters. The van der Waals surface area contributed by atoms with Crippen molar-refractivity contribution in [2.75, 3.05) is 0 Å². The molecule has 0 saturated heterocycles. The molecule has 90 valence electrons. The summed E-state index contributed by atoms with van der Waals surface area (Å²) in [6, 6.07) is 6.79. The van der Waals surface area contributed by atoms with Gasteiger partial charge in [0.05, 0.1) is 0 Å². The quantitative estimate of drug-likeness (QED) is 0.777. The Balaban J connectivity index is 2.53. The zero-order chi connectivity index (χ0) is 12.4. The van der Waals surface area contributed by atoms with Crippen molar-refractivity contribution >= 4 is 0 Å². The molecule has 0 aliphatic heterocycles. The Labute approximate surface area is 103 Å². The average molecular weight is 229 g/mol. The van der Waals surface area contributed by atoms with E-state index < -0.39 is 0 Å². The molecular weight excluding hydrogens is 208 g/mol. The molecule has 0 radical (unpaired) electrons. The summed E-state index contributed by atoms with van der Waals surface area (Å²) in [5.74, 6) is 1.11. The fraction of sp³-hybridized carbons (Fsp3) is 0.400. The molecule has 1 aromatic heterocycles. The molecule has 0 bridgehead atoms. The third kappa shape index (κ3) is 2.41. The Morgan fingerprint density at radius 2 is 1.82 bits per heavy atom. The van der Waals surface area contributed by atoms with Crippen molar-refractivity contribution in [2.45, 2.75) is 39.5 Å². The molecule has 0 fully saturated rings. The van der Waals surface area contributed by atoms with Gasteiger partial charge in [-0.25, -0.2) is 9.55 Å². The van der Waals surface area contributed by atoms with Crippen LogP contribution in [0, 0.1) is 0 Å². The van der Waals surface area contributed by atoms with Gasteiger partial charge in [-0.3, -0.25) is 0 Å². The van der Waals surface area contributed by atoms with E-state index in [1.807, 2.05) is 12.5 Å². The molecule has 1 N–H and O–H groups in total. The SMILES string of the molecule is CC(C)c1ccc(-[n+]2cc[nH]c2)c(C(C)C)c1. The van der Waals surface area contributed by atoms with Gasteiger partial charge in [-0.1, -0.05) is 39.8 Å². The number of hydrogen-bond donors (Lipinski definition) is 1. The molecule has 2 rings (SSSR count). The Hall–Kier alpha value is -1.57. The van der Waals surface area contributed by atoms with E-state index in [4.69, 9.17) is 0 Å². The van der Waals surface area contributed by atoms with Crippen LogP contribution in [-0.4, -0.2) is 4.98 Å². The van der Waals surface area contributed by atoms with Crippen molar-refractivity contribution in [1.82, 2.24) is 4.98 Å². The third-order valence-corrected chi connectivity index (χ3v) is 3.16. The summed E-state index contributed by atoms with van der Waals surface area (Å²) in [5, 5.41) is 0. The fourth-order valence-corrected chi connectivity index (χ4v) is 2.07. The highest BCUT2D eigenvalue weighted by atomic mass is 15.0. The molecular formula is C15H21N2+. The number of rotatable bonds is 3. The average Bonchev–Trinajstić information content (AvgIpc) is 2.81. The lowest BCUT2D eigenvalue weighted by Crippen LogP contribution is -2.29. The maximum Gasteiger partial charge on any atom is 0.246 e. The lowest BCUT2D eigenvalue weighted by atomic mass is 9.94. The Kier molecular flexibility index (Phi) is 3.32. The number of aromatic nitrogens is 2. The molecule has 2 aromatic rings. The first kappa shape index (κ1) is 11.9. The van der Waals surface area contributed by atoms with Crippen molar-refractivity contribution in [3.63, 3.8) is 0 Å². The second-order valence-electron chi connectivity index (χ2n) is 5.15. The first-order chi connectivity index (χ1) is 8.09. The molecule has 0 saturated carbocycles. The van der Waals surface area contributed by atoms with Gasteiger partial charge in [-0.05, 0) is 23.5 Å². The number of benzene rings is 1. The summed E-state index contributed by atoms with van der Waals surface area (Å²) >= 11 is 0. The van der Waals surface area contributed by atoms with Gasteiger partial charge in [0.1, 0.15) is 18.1 Å². The van der Waals surface area contributed by atoms with Crippen LogP contribution in [0.3, 0.4) is 0 Å². The van der Waals surface area contributed by atoms with Gasteiger partial charge >= 0.3 is 0 Å². The van der Waals surface area contributed by atoms with Crippen LogP contribution in [0.5, 0.6) is 0 Å². The minimum absolute atomic E-state index is 0.533. The van der Waals surface area contributed by atoms with Gasteiger partial charge < -0.3 is 0 Å². The molecule has 0 atom stereocenters. The van der Waals surface area contributed by atoms with Crippen LogP contribution in [0.1, 0.15) is 50.7 Å². The van der Waals surface area contributed by atoms with E-state index >= 15 is 0 Å². The highest BCUT2D eigenvalue weighted by molar-refractivity contribution is 5.40. The van der Waals surface area contributed by atoms with Gasteiger partial charge in [0.2, 0.25) is 6.33 Å². The lowest BCUT2D eigenvalue weighted by molar-refractivity contribution is -0.594. The molecule has 0 aliphatic carbocycles. The van der Waals surface area contributed by atoms with E-state index in [9.17, 15) is 0 Å². The third-order valence-electron chi connectivity index (χ3n) is 3.16. The first-order valence-electron chi connectivity index (χ1n) is 6.28. The molecule has 1 heterocycles. The van der Waals surface area contributed by atoms with Crippen molar-refractivity contribution in [3.8, 4) is 5.69 Å². The number of aromatic amines is 1. The molecule has 0 aliphatic rings. The zero-order valence-electron chi connectivity index (χ0n) is 11.1. The molecule has 0 amide bonds. The van der Waals surface area contributed by atoms with Gasteiger partial charge in [-0.2, -0.15) is 0 Å². The van der Waals surface area contributed by atoms with Crippen LogP contribution < -0.4 is 4.57 Å². The normalized spacial score (nSPS) is 11.4. The van der Waals surface area contributed by atoms with Crippen molar-refractivity contribution in [1.29, 1.82) is 0 Å². The van der Waals surface area contributed by atoms with Crippen LogP contribution in [0.2, 0.25) is 0 Å². The lowest BCUT2D eigenvalue weighted by Gasteiger charge is -2.13. The summed E-state index contributed by atoms with van der Waals surface area (Å²) in [6.07, 6.45) is 5.98. The number of nitrogens with one attached hydrogen (secondary N) is 1. The summed E-state index contributed by atoms with van der Waals surface area (Å²) < 4.78 is 2.14. The van der Waals surface area contributed by atoms with E-state index in [2.05, 4.69) is 61.6 Å². The summed E-state index contributed by atoms with van der Waals surface area (Å²) in [6.45, 7) is 8.97. The van der Waals surface area contributed by atoms with Gasteiger partial charge in [0.25, 0.3) is 0 Å². The van der Waals surface area contributed by atoms with Crippen molar-refractivity contribution in [3.05, 3.63) is 48.0 Å². The molecule has 0 spiro atoms. The summed E-state index contributed by atoms with van der Waals surface area (Å²) in [7, 11) is 0. The topological polar surface area (TPSA) is 19.7 Å².